The molecule has 2 fully saturated rings. The molecule has 0 aromatic carbocycles. The van der Waals surface area contributed by atoms with Crippen molar-refractivity contribution >= 4 is 5.78 Å². The highest BCUT2D eigenvalue weighted by atomic mass is 16.5. The van der Waals surface area contributed by atoms with Crippen LogP contribution in [0.5, 0.6) is 0 Å². The van der Waals surface area contributed by atoms with Crippen LogP contribution in [0.15, 0.2) is 0 Å². The molecule has 0 amide bonds. The molecule has 1 saturated carbocycles. The van der Waals surface area contributed by atoms with Crippen molar-refractivity contribution < 1.29 is 9.53 Å². The van der Waals surface area contributed by atoms with Crippen molar-refractivity contribution in [2.45, 2.75) is 64.3 Å². The van der Waals surface area contributed by atoms with Gasteiger partial charge in [-0.3, -0.25) is 9.69 Å². The molecule has 2 atom stereocenters. The molecular weight excluding hydrogens is 238 g/mol. The molecule has 2 unspecified atom stereocenters. The van der Waals surface area contributed by atoms with Gasteiger partial charge in [-0.2, -0.15) is 0 Å². The standard InChI is InChI=1S/C16H29NO2/c1-2-3-12-19-13-11-17-10-5-4-8-15(17)14-7-6-9-16(14)18/h14-15H,2-13H2,1H3. The third-order valence-electron chi connectivity index (χ3n) is 4.65. The van der Waals surface area contributed by atoms with Gasteiger partial charge in [0.2, 0.25) is 0 Å². The molecule has 110 valence electrons. The molecule has 1 heterocycles. The van der Waals surface area contributed by atoms with Crippen LogP contribution < -0.4 is 0 Å². The number of hydrogen-bond donors (Lipinski definition) is 0. The minimum atomic E-state index is 0.330. The molecule has 0 aromatic rings. The monoisotopic (exact) mass is 267 g/mol. The first-order valence-electron chi connectivity index (χ1n) is 8.17. The number of piperidine rings is 1. The number of likely N-dealkylation sites (tertiary alicyclic amines) is 1. The predicted octanol–water partition coefficient (Wildman–Crippen LogP) is 3.03. The van der Waals surface area contributed by atoms with Gasteiger partial charge >= 0.3 is 0 Å². The molecule has 1 aliphatic heterocycles. The summed E-state index contributed by atoms with van der Waals surface area (Å²) in [5.74, 6) is 0.847. The Morgan fingerprint density at radius 2 is 2.11 bits per heavy atom. The number of Topliss-reactive ketones (excluding diaryl/α,β-unsaturated/α-hetero) is 1. The van der Waals surface area contributed by atoms with Crippen LogP contribution in [0.1, 0.15) is 58.3 Å². The summed E-state index contributed by atoms with van der Waals surface area (Å²) >= 11 is 0. The highest BCUT2D eigenvalue weighted by molar-refractivity contribution is 5.83. The first kappa shape index (κ1) is 15.0. The second kappa shape index (κ2) is 8.01. The maximum atomic E-state index is 12.0. The summed E-state index contributed by atoms with van der Waals surface area (Å²) in [6, 6.07) is 0.513. The van der Waals surface area contributed by atoms with Gasteiger partial charge in [0.1, 0.15) is 5.78 Å². The van der Waals surface area contributed by atoms with Crippen LogP contribution in [0.4, 0.5) is 0 Å². The second-order valence-corrected chi connectivity index (χ2v) is 6.03. The Kier molecular flexibility index (Phi) is 6.32. The zero-order valence-electron chi connectivity index (χ0n) is 12.4. The fraction of sp³-hybridized carbons (Fsp3) is 0.938. The van der Waals surface area contributed by atoms with Crippen LogP contribution in [-0.2, 0) is 9.53 Å². The van der Waals surface area contributed by atoms with Crippen LogP contribution >= 0.6 is 0 Å². The van der Waals surface area contributed by atoms with Crippen molar-refractivity contribution in [3.8, 4) is 0 Å². The smallest absolute Gasteiger partial charge is 0.137 e. The molecule has 2 rings (SSSR count). The zero-order valence-corrected chi connectivity index (χ0v) is 12.4. The number of carbonyl (C=O) groups excluding carboxylic acids is 1. The Bertz CT molecular complexity index is 280. The quantitative estimate of drug-likeness (QED) is 0.664. The van der Waals surface area contributed by atoms with Crippen LogP contribution in [0.2, 0.25) is 0 Å². The molecule has 0 N–H and O–H groups in total. The molecule has 3 heteroatoms. The SMILES string of the molecule is CCCCOCCN1CCCCC1C1CCCC1=O. The van der Waals surface area contributed by atoms with E-state index in [1.165, 1.54) is 25.7 Å². The lowest BCUT2D eigenvalue weighted by Crippen LogP contribution is -2.46. The van der Waals surface area contributed by atoms with Crippen LogP contribution in [-0.4, -0.2) is 43.0 Å². The van der Waals surface area contributed by atoms with E-state index in [1.807, 2.05) is 0 Å². The first-order valence-corrected chi connectivity index (χ1v) is 8.17. The van der Waals surface area contributed by atoms with Gasteiger partial charge in [0.25, 0.3) is 0 Å². The van der Waals surface area contributed by atoms with Gasteiger partial charge < -0.3 is 4.74 Å². The minimum absolute atomic E-state index is 0.330. The molecule has 1 aliphatic carbocycles. The number of unbranched alkanes of at least 4 members (excludes halogenated alkanes) is 1. The molecule has 1 saturated heterocycles. The second-order valence-electron chi connectivity index (χ2n) is 6.03. The molecule has 0 bridgehead atoms. The summed E-state index contributed by atoms with van der Waals surface area (Å²) in [4.78, 5) is 14.5. The van der Waals surface area contributed by atoms with E-state index in [1.54, 1.807) is 0 Å². The Morgan fingerprint density at radius 3 is 2.84 bits per heavy atom. The molecule has 19 heavy (non-hydrogen) atoms. The Morgan fingerprint density at radius 1 is 1.21 bits per heavy atom. The number of ketones is 1. The average molecular weight is 267 g/mol. The van der Waals surface area contributed by atoms with Gasteiger partial charge in [-0.25, -0.2) is 0 Å². The minimum Gasteiger partial charge on any atom is -0.380 e. The summed E-state index contributed by atoms with van der Waals surface area (Å²) in [6.07, 6.45) is 9.20. The normalized spacial score (nSPS) is 29.0. The third-order valence-corrected chi connectivity index (χ3v) is 4.65. The van der Waals surface area contributed by atoms with Crippen LogP contribution in [0.25, 0.3) is 0 Å². The van der Waals surface area contributed by atoms with Gasteiger partial charge in [0.15, 0.2) is 0 Å². The summed E-state index contributed by atoms with van der Waals surface area (Å²) in [5, 5.41) is 0. The summed E-state index contributed by atoms with van der Waals surface area (Å²) in [6.45, 7) is 6.08. The summed E-state index contributed by atoms with van der Waals surface area (Å²) in [5.41, 5.74) is 0. The first-order chi connectivity index (χ1) is 9.33. The van der Waals surface area contributed by atoms with Crippen molar-refractivity contribution in [2.24, 2.45) is 5.92 Å². The maximum absolute atomic E-state index is 12.0. The van der Waals surface area contributed by atoms with Crippen molar-refractivity contribution in [1.82, 2.24) is 4.90 Å². The highest BCUT2D eigenvalue weighted by Crippen LogP contribution is 2.32. The molecule has 0 radical (unpaired) electrons. The Hall–Kier alpha value is -0.410. The van der Waals surface area contributed by atoms with E-state index < -0.39 is 0 Å². The van der Waals surface area contributed by atoms with Gasteiger partial charge in [-0.15, -0.1) is 0 Å². The van der Waals surface area contributed by atoms with Crippen LogP contribution in [0.3, 0.4) is 0 Å². The van der Waals surface area contributed by atoms with Gasteiger partial charge in [0, 0.05) is 31.5 Å². The fourth-order valence-electron chi connectivity index (χ4n) is 3.53. The summed E-state index contributed by atoms with van der Waals surface area (Å²) in [7, 11) is 0. The molecular formula is C16H29NO2. The predicted molar refractivity (Wildman–Crippen MR) is 77.3 cm³/mol. The van der Waals surface area contributed by atoms with Crippen molar-refractivity contribution in [1.29, 1.82) is 0 Å². The third kappa shape index (κ3) is 4.28. The largest absolute Gasteiger partial charge is 0.380 e. The van der Waals surface area contributed by atoms with E-state index in [2.05, 4.69) is 11.8 Å². The van der Waals surface area contributed by atoms with Crippen molar-refractivity contribution in [3.05, 3.63) is 0 Å². The molecule has 2 aliphatic rings. The number of ether oxygens (including phenoxy) is 1. The summed E-state index contributed by atoms with van der Waals surface area (Å²) < 4.78 is 5.69. The number of nitrogens with zero attached hydrogens (tertiary/aromatic N) is 1. The van der Waals surface area contributed by atoms with E-state index >= 15 is 0 Å². The Labute approximate surface area is 117 Å². The molecule has 3 nitrogen and oxygen atoms in total. The highest BCUT2D eigenvalue weighted by Gasteiger charge is 2.36. The van der Waals surface area contributed by atoms with Crippen molar-refractivity contribution in [2.75, 3.05) is 26.3 Å². The number of hydrogen-bond acceptors (Lipinski definition) is 3. The van der Waals surface area contributed by atoms with Crippen LogP contribution in [0, 0.1) is 5.92 Å². The Balaban J connectivity index is 1.77. The van der Waals surface area contributed by atoms with Gasteiger partial charge in [-0.05, 0) is 38.6 Å². The molecule has 0 spiro atoms. The zero-order chi connectivity index (χ0) is 13.5. The average Bonchev–Trinajstić information content (AvgIpc) is 2.85. The van der Waals surface area contributed by atoms with Gasteiger partial charge in [-0.1, -0.05) is 19.8 Å². The topological polar surface area (TPSA) is 29.5 Å². The van der Waals surface area contributed by atoms with E-state index in [0.29, 0.717) is 17.7 Å². The lowest BCUT2D eigenvalue weighted by atomic mass is 9.88. The lowest BCUT2D eigenvalue weighted by molar-refractivity contribution is -0.123. The number of carbonyl (C=O) groups is 1. The van der Waals surface area contributed by atoms with Gasteiger partial charge in [0.05, 0.1) is 6.61 Å². The van der Waals surface area contributed by atoms with E-state index in [4.69, 9.17) is 4.74 Å². The number of rotatable bonds is 7. The van der Waals surface area contributed by atoms with E-state index in [-0.39, 0.29) is 0 Å². The molecule has 0 aromatic heterocycles. The maximum Gasteiger partial charge on any atom is 0.137 e. The van der Waals surface area contributed by atoms with Crippen molar-refractivity contribution in [3.63, 3.8) is 0 Å². The fourth-order valence-corrected chi connectivity index (χ4v) is 3.53. The lowest BCUT2D eigenvalue weighted by Gasteiger charge is -2.38. The van der Waals surface area contributed by atoms with E-state index in [9.17, 15) is 4.79 Å². The van der Waals surface area contributed by atoms with E-state index in [0.717, 1.165) is 52.0 Å².